The summed E-state index contributed by atoms with van der Waals surface area (Å²) < 4.78 is 25.3. The molecule has 0 saturated carbocycles. The van der Waals surface area contributed by atoms with Gasteiger partial charge in [-0.25, -0.2) is 9.36 Å². The molecule has 0 radical (unpaired) electrons. The second-order valence-corrected chi connectivity index (χ2v) is 11.4. The highest BCUT2D eigenvalue weighted by Gasteiger charge is 2.26. The summed E-state index contributed by atoms with van der Waals surface area (Å²) in [5.41, 5.74) is 3.11. The van der Waals surface area contributed by atoms with Gasteiger partial charge < -0.3 is 18.9 Å². The molecule has 1 N–H and O–H groups in total. The van der Waals surface area contributed by atoms with Crippen molar-refractivity contribution in [3.63, 3.8) is 0 Å². The average molecular weight is 569 g/mol. The molecule has 1 aliphatic heterocycles. The molecule has 5 aromatic rings. The fourth-order valence-corrected chi connectivity index (χ4v) is 5.16. The Morgan fingerprint density at radius 1 is 0.976 bits per heavy atom. The van der Waals surface area contributed by atoms with Crippen molar-refractivity contribution in [3.8, 4) is 22.9 Å². The van der Waals surface area contributed by atoms with Crippen molar-refractivity contribution in [2.24, 2.45) is 0 Å². The number of rotatable bonds is 8. The van der Waals surface area contributed by atoms with E-state index in [2.05, 4.69) is 15.1 Å². The Morgan fingerprint density at radius 3 is 2.57 bits per heavy atom. The average Bonchev–Trinajstić information content (AvgIpc) is 3.58. The minimum Gasteiger partial charge on any atom is -0.492 e. The lowest BCUT2D eigenvalue weighted by Gasteiger charge is -2.26. The van der Waals surface area contributed by atoms with Crippen molar-refractivity contribution >= 4 is 27.9 Å². The first-order chi connectivity index (χ1) is 20.4. The maximum Gasteiger partial charge on any atom is 0.419 e. The van der Waals surface area contributed by atoms with Gasteiger partial charge in [-0.15, -0.1) is 0 Å². The van der Waals surface area contributed by atoms with E-state index in [1.807, 2.05) is 93.6 Å². The molecule has 0 aliphatic carbocycles. The SMILES string of the molecule is CC(C)(C)OC(=O)n1c(-c2n[nH]c3cccc(OCc4ccccc4)c23)cc2cc(OCCN3CCOCC3)ccc21. The first-order valence-electron chi connectivity index (χ1n) is 14.3. The van der Waals surface area contributed by atoms with Crippen LogP contribution in [0.15, 0.2) is 72.8 Å². The lowest BCUT2D eigenvalue weighted by Crippen LogP contribution is -2.38. The summed E-state index contributed by atoms with van der Waals surface area (Å²) in [4.78, 5) is 16.0. The standard InChI is InChI=1S/C33H36N4O5/c1-33(2,3)42-32(38)37-27-13-12-25(40-19-16-36-14-17-39-18-15-36)20-24(27)21-28(37)31-30-26(34-35-31)10-7-11-29(30)41-22-23-8-5-4-6-9-23/h4-13,20-21H,14-19,22H2,1-3H3,(H,34,35). The van der Waals surface area contributed by atoms with Crippen molar-refractivity contribution in [1.82, 2.24) is 19.7 Å². The van der Waals surface area contributed by atoms with Gasteiger partial charge in [0, 0.05) is 25.0 Å². The molecule has 3 aromatic carbocycles. The Bertz CT molecular complexity index is 1680. The minimum absolute atomic E-state index is 0.408. The number of ether oxygens (including phenoxy) is 4. The zero-order valence-electron chi connectivity index (χ0n) is 24.3. The van der Waals surface area contributed by atoms with E-state index in [4.69, 9.17) is 18.9 Å². The fraction of sp³-hybridized carbons (Fsp3) is 0.333. The van der Waals surface area contributed by atoms with Gasteiger partial charge in [0.15, 0.2) is 0 Å². The maximum absolute atomic E-state index is 13.6. The highest BCUT2D eigenvalue weighted by atomic mass is 16.6. The zero-order valence-corrected chi connectivity index (χ0v) is 24.3. The quantitative estimate of drug-likeness (QED) is 0.236. The van der Waals surface area contributed by atoms with Crippen LogP contribution < -0.4 is 9.47 Å². The molecule has 1 saturated heterocycles. The topological polar surface area (TPSA) is 90.8 Å². The van der Waals surface area contributed by atoms with E-state index < -0.39 is 11.7 Å². The molecule has 1 fully saturated rings. The van der Waals surface area contributed by atoms with E-state index in [0.717, 1.165) is 60.5 Å². The molecule has 9 heteroatoms. The smallest absolute Gasteiger partial charge is 0.419 e. The highest BCUT2D eigenvalue weighted by molar-refractivity contribution is 6.03. The molecule has 6 rings (SSSR count). The van der Waals surface area contributed by atoms with Crippen LogP contribution in [0, 0.1) is 0 Å². The number of hydrogen-bond donors (Lipinski definition) is 1. The van der Waals surface area contributed by atoms with E-state index in [1.54, 1.807) is 4.57 Å². The number of carbonyl (C=O) groups is 1. The van der Waals surface area contributed by atoms with E-state index in [9.17, 15) is 4.79 Å². The third kappa shape index (κ3) is 6.12. The van der Waals surface area contributed by atoms with Gasteiger partial charge in [-0.3, -0.25) is 10.00 Å². The molecule has 9 nitrogen and oxygen atoms in total. The summed E-state index contributed by atoms with van der Waals surface area (Å²) in [6.45, 7) is 10.7. The van der Waals surface area contributed by atoms with Crippen LogP contribution in [-0.4, -0.2) is 70.8 Å². The summed E-state index contributed by atoms with van der Waals surface area (Å²) in [7, 11) is 0. The minimum atomic E-state index is -0.676. The number of benzene rings is 3. The summed E-state index contributed by atoms with van der Waals surface area (Å²) in [6, 6.07) is 23.5. The van der Waals surface area contributed by atoms with Gasteiger partial charge in [0.1, 0.15) is 36.0 Å². The predicted octanol–water partition coefficient (Wildman–Crippen LogP) is 6.26. The Hall–Kier alpha value is -4.34. The van der Waals surface area contributed by atoms with E-state index in [-0.39, 0.29) is 0 Å². The number of carbonyl (C=O) groups excluding carboxylic acids is 1. The van der Waals surface area contributed by atoms with Gasteiger partial charge in [0.05, 0.1) is 35.3 Å². The summed E-state index contributed by atoms with van der Waals surface area (Å²) in [5.74, 6) is 1.41. The van der Waals surface area contributed by atoms with Gasteiger partial charge in [-0.1, -0.05) is 36.4 Å². The van der Waals surface area contributed by atoms with Crippen LogP contribution in [0.3, 0.4) is 0 Å². The third-order valence-electron chi connectivity index (χ3n) is 7.16. The molecule has 218 valence electrons. The lowest BCUT2D eigenvalue weighted by molar-refractivity contribution is 0.0322. The van der Waals surface area contributed by atoms with Crippen molar-refractivity contribution in [2.75, 3.05) is 39.5 Å². The van der Waals surface area contributed by atoms with Crippen LogP contribution in [-0.2, 0) is 16.1 Å². The molecule has 2 aromatic heterocycles. The van der Waals surface area contributed by atoms with Gasteiger partial charge in [0.25, 0.3) is 0 Å². The van der Waals surface area contributed by atoms with Gasteiger partial charge in [-0.05, 0) is 62.7 Å². The molecular formula is C33H36N4O5. The normalized spacial score (nSPS) is 14.4. The van der Waals surface area contributed by atoms with Crippen LogP contribution in [0.5, 0.6) is 11.5 Å². The van der Waals surface area contributed by atoms with E-state index in [0.29, 0.717) is 35.9 Å². The van der Waals surface area contributed by atoms with Gasteiger partial charge in [0.2, 0.25) is 0 Å². The molecule has 0 spiro atoms. The number of nitrogens with zero attached hydrogens (tertiary/aromatic N) is 3. The fourth-order valence-electron chi connectivity index (χ4n) is 5.16. The molecule has 0 amide bonds. The maximum atomic E-state index is 13.6. The largest absolute Gasteiger partial charge is 0.492 e. The molecule has 0 atom stereocenters. The molecule has 42 heavy (non-hydrogen) atoms. The molecule has 3 heterocycles. The summed E-state index contributed by atoms with van der Waals surface area (Å²) >= 11 is 0. The number of morpholine rings is 1. The highest BCUT2D eigenvalue weighted by Crippen LogP contribution is 2.38. The van der Waals surface area contributed by atoms with Crippen LogP contribution >= 0.6 is 0 Å². The monoisotopic (exact) mass is 568 g/mol. The van der Waals surface area contributed by atoms with Crippen LogP contribution in [0.25, 0.3) is 33.2 Å². The van der Waals surface area contributed by atoms with E-state index in [1.165, 1.54) is 0 Å². The molecular weight excluding hydrogens is 532 g/mol. The first kappa shape index (κ1) is 27.8. The summed E-state index contributed by atoms with van der Waals surface area (Å²) in [5, 5.41) is 9.42. The lowest BCUT2D eigenvalue weighted by atomic mass is 10.1. The predicted molar refractivity (Wildman–Crippen MR) is 162 cm³/mol. The number of aromatic amines is 1. The Morgan fingerprint density at radius 2 is 1.79 bits per heavy atom. The third-order valence-corrected chi connectivity index (χ3v) is 7.16. The van der Waals surface area contributed by atoms with Crippen molar-refractivity contribution < 1.29 is 23.7 Å². The second kappa shape index (κ2) is 11.9. The number of H-pyrrole nitrogens is 1. The van der Waals surface area contributed by atoms with Gasteiger partial charge in [-0.2, -0.15) is 5.10 Å². The second-order valence-electron chi connectivity index (χ2n) is 11.4. The Labute approximate surface area is 244 Å². The Kier molecular flexibility index (Phi) is 7.86. The number of nitrogens with one attached hydrogen (secondary N) is 1. The number of aromatic nitrogens is 3. The Balaban J connectivity index is 1.36. The van der Waals surface area contributed by atoms with Crippen LogP contribution in [0.2, 0.25) is 0 Å². The van der Waals surface area contributed by atoms with Crippen LogP contribution in [0.4, 0.5) is 4.79 Å². The first-order valence-corrected chi connectivity index (χ1v) is 14.3. The molecule has 1 aliphatic rings. The zero-order chi connectivity index (χ0) is 29.1. The molecule has 0 unspecified atom stereocenters. The molecule has 0 bridgehead atoms. The van der Waals surface area contributed by atoms with Gasteiger partial charge >= 0.3 is 6.09 Å². The van der Waals surface area contributed by atoms with Crippen molar-refractivity contribution in [3.05, 3.63) is 78.4 Å². The van der Waals surface area contributed by atoms with Crippen LogP contribution in [0.1, 0.15) is 26.3 Å². The van der Waals surface area contributed by atoms with E-state index >= 15 is 0 Å². The van der Waals surface area contributed by atoms with Crippen molar-refractivity contribution in [1.29, 1.82) is 0 Å². The number of fused-ring (bicyclic) bond motifs is 2. The van der Waals surface area contributed by atoms with Crippen molar-refractivity contribution in [2.45, 2.75) is 33.0 Å². The summed E-state index contributed by atoms with van der Waals surface area (Å²) in [6.07, 6.45) is -0.479. The number of hydrogen-bond acceptors (Lipinski definition) is 7.